The molecule has 0 unspecified atom stereocenters. The van der Waals surface area contributed by atoms with E-state index >= 15 is 0 Å². The van der Waals surface area contributed by atoms with Crippen LogP contribution >= 0.6 is 11.8 Å². The number of aromatic hydroxyl groups is 1. The molecule has 0 radical (unpaired) electrons. The molecule has 5 nitrogen and oxygen atoms in total. The number of fused-ring (bicyclic) bond motifs is 2. The molecule has 6 heteroatoms. The lowest BCUT2D eigenvalue weighted by Gasteiger charge is -2.21. The number of nitrogen functional groups attached to an aromatic ring is 1. The van der Waals surface area contributed by atoms with Gasteiger partial charge < -0.3 is 16.6 Å². The molecule has 0 heterocycles. The van der Waals surface area contributed by atoms with Crippen LogP contribution in [0.3, 0.4) is 0 Å². The summed E-state index contributed by atoms with van der Waals surface area (Å²) in [5, 5.41) is 10.2. The van der Waals surface area contributed by atoms with Gasteiger partial charge in [0, 0.05) is 28.3 Å². The Balaban J connectivity index is 2.24. The summed E-state index contributed by atoms with van der Waals surface area (Å²) in [6, 6.07) is 7.96. The Labute approximate surface area is 131 Å². The lowest BCUT2D eigenvalue weighted by molar-refractivity contribution is 0.0977. The first kappa shape index (κ1) is 14.6. The van der Waals surface area contributed by atoms with Gasteiger partial charge in [-0.2, -0.15) is 0 Å². The minimum atomic E-state index is -0.384. The number of phenolic OH excluding ortho intramolecular Hbond substituents is 1. The zero-order valence-electron chi connectivity index (χ0n) is 11.6. The molecule has 5 N–H and O–H groups in total. The third-order valence-corrected chi connectivity index (χ3v) is 4.64. The smallest absolute Gasteiger partial charge is 0.198 e. The number of phenols is 1. The molecule has 2 aromatic carbocycles. The SMILES string of the molecule is NCCSc1cc(O)c2c(c1N)C(=O)c1ccccc1C2=O. The zero-order valence-corrected chi connectivity index (χ0v) is 12.4. The van der Waals surface area contributed by atoms with E-state index in [9.17, 15) is 14.7 Å². The second-order valence-electron chi connectivity index (χ2n) is 4.90. The number of anilines is 1. The van der Waals surface area contributed by atoms with Crippen LogP contribution < -0.4 is 11.5 Å². The Morgan fingerprint density at radius 3 is 2.23 bits per heavy atom. The molecule has 0 spiro atoms. The van der Waals surface area contributed by atoms with E-state index in [1.807, 2.05) is 0 Å². The molecule has 0 saturated heterocycles. The lowest BCUT2D eigenvalue weighted by Crippen LogP contribution is -2.22. The van der Waals surface area contributed by atoms with Gasteiger partial charge in [0.15, 0.2) is 11.6 Å². The highest BCUT2D eigenvalue weighted by molar-refractivity contribution is 7.99. The van der Waals surface area contributed by atoms with E-state index in [0.29, 0.717) is 22.8 Å². The molecule has 0 atom stereocenters. The minimum absolute atomic E-state index is 0.0155. The van der Waals surface area contributed by atoms with Gasteiger partial charge in [-0.15, -0.1) is 11.8 Å². The average Bonchev–Trinajstić information content (AvgIpc) is 2.53. The van der Waals surface area contributed by atoms with E-state index in [1.54, 1.807) is 24.3 Å². The van der Waals surface area contributed by atoms with Crippen LogP contribution in [0.2, 0.25) is 0 Å². The number of thioether (sulfide) groups is 1. The van der Waals surface area contributed by atoms with Gasteiger partial charge in [-0.1, -0.05) is 24.3 Å². The van der Waals surface area contributed by atoms with Gasteiger partial charge in [0.2, 0.25) is 0 Å². The van der Waals surface area contributed by atoms with Gasteiger partial charge in [0.25, 0.3) is 0 Å². The largest absolute Gasteiger partial charge is 0.507 e. The van der Waals surface area contributed by atoms with Crippen molar-refractivity contribution in [1.29, 1.82) is 0 Å². The Hall–Kier alpha value is -2.31. The molecule has 1 aliphatic carbocycles. The van der Waals surface area contributed by atoms with Crippen LogP contribution in [-0.4, -0.2) is 29.0 Å². The van der Waals surface area contributed by atoms with Crippen molar-refractivity contribution in [2.75, 3.05) is 18.0 Å². The Morgan fingerprint density at radius 2 is 1.64 bits per heavy atom. The van der Waals surface area contributed by atoms with Crippen LogP contribution in [0.25, 0.3) is 0 Å². The number of benzene rings is 2. The molecular weight excluding hydrogens is 300 g/mol. The fourth-order valence-electron chi connectivity index (χ4n) is 2.56. The highest BCUT2D eigenvalue weighted by Gasteiger charge is 2.34. The summed E-state index contributed by atoms with van der Waals surface area (Å²) >= 11 is 1.35. The Morgan fingerprint density at radius 1 is 1.05 bits per heavy atom. The first-order valence-electron chi connectivity index (χ1n) is 6.73. The zero-order chi connectivity index (χ0) is 15.9. The van der Waals surface area contributed by atoms with Gasteiger partial charge in [0.1, 0.15) is 5.75 Å². The van der Waals surface area contributed by atoms with E-state index in [2.05, 4.69) is 0 Å². The summed E-state index contributed by atoms with van der Waals surface area (Å²) < 4.78 is 0. The van der Waals surface area contributed by atoms with Crippen LogP contribution in [0.4, 0.5) is 5.69 Å². The first-order valence-corrected chi connectivity index (χ1v) is 7.71. The van der Waals surface area contributed by atoms with Crippen molar-refractivity contribution < 1.29 is 14.7 Å². The summed E-state index contributed by atoms with van der Waals surface area (Å²) in [6.45, 7) is 0.442. The minimum Gasteiger partial charge on any atom is -0.507 e. The fourth-order valence-corrected chi connectivity index (χ4v) is 3.35. The lowest BCUT2D eigenvalue weighted by atomic mass is 9.83. The highest BCUT2D eigenvalue weighted by Crippen LogP contribution is 2.41. The number of hydrogen-bond acceptors (Lipinski definition) is 6. The van der Waals surface area contributed by atoms with Crippen LogP contribution in [0.1, 0.15) is 31.8 Å². The third kappa shape index (κ3) is 2.08. The van der Waals surface area contributed by atoms with E-state index in [0.717, 1.165) is 0 Å². The molecule has 1 aliphatic rings. The number of carbonyl (C=O) groups is 2. The van der Waals surface area contributed by atoms with Gasteiger partial charge >= 0.3 is 0 Å². The monoisotopic (exact) mass is 314 g/mol. The van der Waals surface area contributed by atoms with Gasteiger partial charge in [-0.05, 0) is 6.07 Å². The number of hydrogen-bond donors (Lipinski definition) is 3. The third-order valence-electron chi connectivity index (χ3n) is 3.55. The summed E-state index contributed by atoms with van der Waals surface area (Å²) in [6.07, 6.45) is 0. The van der Waals surface area contributed by atoms with Crippen molar-refractivity contribution in [2.45, 2.75) is 4.90 Å². The second kappa shape index (κ2) is 5.47. The van der Waals surface area contributed by atoms with E-state index in [-0.39, 0.29) is 39.7 Å². The molecule has 0 amide bonds. The maximum Gasteiger partial charge on any atom is 0.198 e. The summed E-state index contributed by atoms with van der Waals surface area (Å²) in [5.74, 6) is -0.351. The van der Waals surface area contributed by atoms with Crippen molar-refractivity contribution in [3.8, 4) is 5.75 Å². The quantitative estimate of drug-likeness (QED) is 0.387. The first-order chi connectivity index (χ1) is 10.6. The standard InChI is InChI=1S/C16H14N2O3S/c17-5-6-22-11-7-10(19)12-13(14(11)18)16(21)9-4-2-1-3-8(9)15(12)20/h1-4,7,19H,5-6,17-18H2. The number of rotatable bonds is 3. The molecule has 0 aliphatic heterocycles. The summed E-state index contributed by atoms with van der Waals surface area (Å²) in [4.78, 5) is 25.8. The number of ketones is 2. The Kier molecular flexibility index (Phi) is 3.64. The van der Waals surface area contributed by atoms with E-state index in [1.165, 1.54) is 17.8 Å². The predicted molar refractivity (Wildman–Crippen MR) is 85.6 cm³/mol. The number of carbonyl (C=O) groups excluding carboxylic acids is 2. The molecule has 0 saturated carbocycles. The van der Waals surface area contributed by atoms with Gasteiger partial charge in [0.05, 0.1) is 16.8 Å². The van der Waals surface area contributed by atoms with Crippen molar-refractivity contribution in [3.63, 3.8) is 0 Å². The molecule has 22 heavy (non-hydrogen) atoms. The number of nitrogens with two attached hydrogens (primary N) is 2. The van der Waals surface area contributed by atoms with E-state index in [4.69, 9.17) is 11.5 Å². The normalized spacial score (nSPS) is 13.0. The molecule has 0 bridgehead atoms. The molecule has 3 rings (SSSR count). The van der Waals surface area contributed by atoms with Crippen molar-refractivity contribution >= 4 is 29.0 Å². The molecule has 112 valence electrons. The van der Waals surface area contributed by atoms with Crippen molar-refractivity contribution in [3.05, 3.63) is 52.6 Å². The van der Waals surface area contributed by atoms with Crippen molar-refractivity contribution in [2.24, 2.45) is 5.73 Å². The predicted octanol–water partition coefficient (Wildman–Crippen LogP) is 1.80. The molecule has 0 fully saturated rings. The van der Waals surface area contributed by atoms with Crippen molar-refractivity contribution in [1.82, 2.24) is 0 Å². The summed E-state index contributed by atoms with van der Waals surface area (Å²) in [5.41, 5.74) is 12.4. The van der Waals surface area contributed by atoms with Crippen LogP contribution in [0.5, 0.6) is 5.75 Å². The maximum absolute atomic E-state index is 12.7. The van der Waals surface area contributed by atoms with E-state index < -0.39 is 0 Å². The van der Waals surface area contributed by atoms with Gasteiger partial charge in [-0.3, -0.25) is 9.59 Å². The highest BCUT2D eigenvalue weighted by atomic mass is 32.2. The van der Waals surface area contributed by atoms with Crippen LogP contribution in [-0.2, 0) is 0 Å². The molecular formula is C16H14N2O3S. The Bertz CT molecular complexity index is 802. The fraction of sp³-hybridized carbons (Fsp3) is 0.125. The maximum atomic E-state index is 12.7. The van der Waals surface area contributed by atoms with Gasteiger partial charge in [-0.25, -0.2) is 0 Å². The second-order valence-corrected chi connectivity index (χ2v) is 6.04. The average molecular weight is 314 g/mol. The summed E-state index contributed by atoms with van der Waals surface area (Å²) in [7, 11) is 0. The van der Waals surface area contributed by atoms with Crippen LogP contribution in [0.15, 0.2) is 35.2 Å². The topological polar surface area (TPSA) is 106 Å². The molecule has 2 aromatic rings. The molecule has 0 aromatic heterocycles. The van der Waals surface area contributed by atoms with Crippen LogP contribution in [0, 0.1) is 0 Å².